The van der Waals surface area contributed by atoms with Crippen LogP contribution in [0.5, 0.6) is 0 Å². The molecule has 2 bridgehead atoms. The number of carboxylic acids is 1. The first-order chi connectivity index (χ1) is 13.2. The Hall–Kier alpha value is -3.20. The van der Waals surface area contributed by atoms with Crippen LogP contribution < -0.4 is 16.2 Å². The summed E-state index contributed by atoms with van der Waals surface area (Å²) in [4.78, 5) is 47.7. The van der Waals surface area contributed by atoms with E-state index in [4.69, 9.17) is 4.74 Å². The fraction of sp³-hybridized carbons (Fsp3) is 0.368. The van der Waals surface area contributed by atoms with Gasteiger partial charge in [0.05, 0.1) is 17.6 Å². The van der Waals surface area contributed by atoms with Crippen LogP contribution in [-0.2, 0) is 19.1 Å². The number of nitrogens with one attached hydrogen (secondary N) is 3. The monoisotopic (exact) mass is 387 g/mol. The summed E-state index contributed by atoms with van der Waals surface area (Å²) in [6.45, 7) is 3.37. The van der Waals surface area contributed by atoms with Gasteiger partial charge < -0.3 is 15.2 Å². The number of fused-ring (bicyclic) bond motifs is 2. The van der Waals surface area contributed by atoms with Gasteiger partial charge in [-0.3, -0.25) is 30.0 Å². The van der Waals surface area contributed by atoms with Gasteiger partial charge in [-0.1, -0.05) is 19.1 Å². The molecule has 4 N–H and O–H groups in total. The van der Waals surface area contributed by atoms with Gasteiger partial charge in [0.1, 0.15) is 5.92 Å². The van der Waals surface area contributed by atoms with E-state index >= 15 is 0 Å². The summed E-state index contributed by atoms with van der Waals surface area (Å²) in [5.41, 5.74) is 4.36. The van der Waals surface area contributed by atoms with Crippen LogP contribution in [0.25, 0.3) is 0 Å². The number of anilines is 1. The lowest BCUT2D eigenvalue weighted by atomic mass is 9.76. The fourth-order valence-electron chi connectivity index (χ4n) is 3.50. The number of carbonyl (C=O) groups excluding carboxylic acids is 3. The van der Waals surface area contributed by atoms with Gasteiger partial charge in [0.15, 0.2) is 0 Å². The van der Waals surface area contributed by atoms with E-state index in [1.165, 1.54) is 12.1 Å². The maximum Gasteiger partial charge on any atom is 0.310 e. The molecule has 148 valence electrons. The lowest BCUT2D eigenvalue weighted by Crippen LogP contribution is -2.52. The number of ether oxygens (including phenoxy) is 1. The smallest absolute Gasteiger partial charge is 0.310 e. The van der Waals surface area contributed by atoms with Crippen LogP contribution in [0.15, 0.2) is 36.4 Å². The minimum absolute atomic E-state index is 0.145. The number of hydrogen-bond acceptors (Lipinski definition) is 5. The zero-order chi connectivity index (χ0) is 20.5. The van der Waals surface area contributed by atoms with Crippen LogP contribution in [0.3, 0.4) is 0 Å². The van der Waals surface area contributed by atoms with Crippen molar-refractivity contribution >= 4 is 29.4 Å². The second-order valence-electron chi connectivity index (χ2n) is 6.89. The van der Waals surface area contributed by atoms with Crippen LogP contribution in [-0.4, -0.2) is 40.5 Å². The van der Waals surface area contributed by atoms with Crippen molar-refractivity contribution in [2.45, 2.75) is 32.0 Å². The highest BCUT2D eigenvalue weighted by atomic mass is 16.5. The van der Waals surface area contributed by atoms with Gasteiger partial charge >= 0.3 is 5.97 Å². The standard InChI is InChI=1S/C19H21N3O6/c1-3-13(23)20-11-6-4-10(5-7-11)16(24)21-22-17(25)15-14(18(26)27)12-8-9-19(15,2)28-12/h4-9,12,14-15H,3H2,1-2H3,(H,20,23)(H,21,24)(H,22,25)(H,26,27)/t12-,14+,15+,19-/m1/s1. The highest BCUT2D eigenvalue weighted by molar-refractivity contribution is 5.97. The van der Waals surface area contributed by atoms with Gasteiger partial charge in [-0.2, -0.15) is 0 Å². The molecule has 0 unspecified atom stereocenters. The predicted molar refractivity (Wildman–Crippen MR) is 98.0 cm³/mol. The molecule has 9 nitrogen and oxygen atoms in total. The lowest BCUT2D eigenvalue weighted by molar-refractivity contribution is -0.147. The summed E-state index contributed by atoms with van der Waals surface area (Å²) in [7, 11) is 0. The van der Waals surface area contributed by atoms with Crippen molar-refractivity contribution in [2.24, 2.45) is 11.8 Å². The summed E-state index contributed by atoms with van der Waals surface area (Å²) in [5.74, 6) is -4.47. The molecule has 9 heteroatoms. The average Bonchev–Trinajstić information content (AvgIpc) is 3.19. The van der Waals surface area contributed by atoms with Crippen molar-refractivity contribution in [3.63, 3.8) is 0 Å². The van der Waals surface area contributed by atoms with E-state index in [0.29, 0.717) is 12.1 Å². The third kappa shape index (κ3) is 3.61. The largest absolute Gasteiger partial charge is 0.481 e. The summed E-state index contributed by atoms with van der Waals surface area (Å²) in [5, 5.41) is 12.1. The Morgan fingerprint density at radius 1 is 1.14 bits per heavy atom. The number of rotatable bonds is 5. The van der Waals surface area contributed by atoms with Crippen LogP contribution in [0.1, 0.15) is 30.6 Å². The molecular formula is C19H21N3O6. The predicted octanol–water partition coefficient (Wildman–Crippen LogP) is 0.840. The maximum atomic E-state index is 12.5. The summed E-state index contributed by atoms with van der Waals surface area (Å²) in [6, 6.07) is 6.13. The molecule has 1 saturated heterocycles. The van der Waals surface area contributed by atoms with E-state index in [1.54, 1.807) is 38.1 Å². The molecule has 2 aliphatic rings. The SMILES string of the molecule is CCC(=O)Nc1ccc(C(=O)NNC(=O)[C@@H]2[C@@H](C(=O)O)[C@H]3C=C[C@@]2(C)O3)cc1. The molecule has 1 aromatic carbocycles. The Morgan fingerprint density at radius 2 is 1.82 bits per heavy atom. The maximum absolute atomic E-state index is 12.5. The molecule has 3 rings (SSSR count). The Kier molecular flexibility index (Phi) is 5.19. The second-order valence-corrected chi connectivity index (χ2v) is 6.89. The van der Waals surface area contributed by atoms with Gasteiger partial charge in [0.25, 0.3) is 5.91 Å². The normalized spacial score (nSPS) is 27.3. The minimum atomic E-state index is -1.13. The van der Waals surface area contributed by atoms with E-state index in [9.17, 15) is 24.3 Å². The molecule has 4 atom stereocenters. The number of carbonyl (C=O) groups is 4. The average molecular weight is 387 g/mol. The third-order valence-corrected chi connectivity index (χ3v) is 4.96. The van der Waals surface area contributed by atoms with Gasteiger partial charge in [-0.05, 0) is 31.2 Å². The molecule has 0 aromatic heterocycles. The van der Waals surface area contributed by atoms with E-state index in [2.05, 4.69) is 16.2 Å². The first kappa shape index (κ1) is 19.6. The second kappa shape index (κ2) is 7.43. The summed E-state index contributed by atoms with van der Waals surface area (Å²) >= 11 is 0. The van der Waals surface area contributed by atoms with E-state index in [0.717, 1.165) is 0 Å². The third-order valence-electron chi connectivity index (χ3n) is 4.96. The molecule has 1 aromatic rings. The molecule has 1 fully saturated rings. The van der Waals surface area contributed by atoms with Gasteiger partial charge in [-0.15, -0.1) is 0 Å². The number of aliphatic carboxylic acids is 1. The first-order valence-electron chi connectivity index (χ1n) is 8.85. The number of carboxylic acid groups (broad SMARTS) is 1. The van der Waals surface area contributed by atoms with Gasteiger partial charge in [0.2, 0.25) is 11.8 Å². The van der Waals surface area contributed by atoms with Crippen LogP contribution in [0.4, 0.5) is 5.69 Å². The van der Waals surface area contributed by atoms with Crippen molar-refractivity contribution in [2.75, 3.05) is 5.32 Å². The van der Waals surface area contributed by atoms with Gasteiger partial charge in [-0.25, -0.2) is 0 Å². The van der Waals surface area contributed by atoms with Crippen molar-refractivity contribution in [3.05, 3.63) is 42.0 Å². The van der Waals surface area contributed by atoms with Crippen LogP contribution >= 0.6 is 0 Å². The molecule has 0 spiro atoms. The van der Waals surface area contributed by atoms with E-state index in [1.807, 2.05) is 0 Å². The van der Waals surface area contributed by atoms with E-state index in [-0.39, 0.29) is 11.5 Å². The topological polar surface area (TPSA) is 134 Å². The zero-order valence-electron chi connectivity index (χ0n) is 15.4. The molecule has 28 heavy (non-hydrogen) atoms. The molecule has 2 heterocycles. The first-order valence-corrected chi connectivity index (χ1v) is 8.85. The Morgan fingerprint density at radius 3 is 2.43 bits per heavy atom. The highest BCUT2D eigenvalue weighted by Gasteiger charge is 2.59. The highest BCUT2D eigenvalue weighted by Crippen LogP contribution is 2.46. The van der Waals surface area contributed by atoms with Crippen LogP contribution in [0, 0.1) is 11.8 Å². The number of hydrazine groups is 1. The molecule has 3 amide bonds. The molecule has 0 saturated carbocycles. The Bertz CT molecular complexity index is 850. The zero-order valence-corrected chi connectivity index (χ0v) is 15.4. The van der Waals surface area contributed by atoms with Gasteiger partial charge in [0, 0.05) is 17.7 Å². The van der Waals surface area contributed by atoms with Crippen molar-refractivity contribution in [3.8, 4) is 0 Å². The number of amides is 3. The molecular weight excluding hydrogens is 366 g/mol. The van der Waals surface area contributed by atoms with E-state index < -0.39 is 41.3 Å². The molecule has 0 aliphatic carbocycles. The van der Waals surface area contributed by atoms with Crippen molar-refractivity contribution < 1.29 is 29.0 Å². The Labute approximate surface area is 161 Å². The number of hydrogen-bond donors (Lipinski definition) is 4. The number of benzene rings is 1. The Balaban J connectivity index is 1.61. The summed E-state index contributed by atoms with van der Waals surface area (Å²) in [6.07, 6.45) is 2.98. The lowest BCUT2D eigenvalue weighted by Gasteiger charge is -2.27. The molecule has 2 aliphatic heterocycles. The van der Waals surface area contributed by atoms with Crippen molar-refractivity contribution in [1.82, 2.24) is 10.9 Å². The molecule has 0 radical (unpaired) electrons. The van der Waals surface area contributed by atoms with Crippen LogP contribution in [0.2, 0.25) is 0 Å². The minimum Gasteiger partial charge on any atom is -0.481 e. The fourth-order valence-corrected chi connectivity index (χ4v) is 3.50. The quantitative estimate of drug-likeness (QED) is 0.437. The summed E-state index contributed by atoms with van der Waals surface area (Å²) < 4.78 is 5.61. The van der Waals surface area contributed by atoms with Crippen molar-refractivity contribution in [1.29, 1.82) is 0 Å².